The number of aromatic nitrogens is 2. The first-order valence-electron chi connectivity index (χ1n) is 6.09. The molecule has 1 heterocycles. The van der Waals surface area contributed by atoms with E-state index in [0.29, 0.717) is 5.56 Å². The van der Waals surface area contributed by atoms with Crippen LogP contribution < -0.4 is 5.73 Å². The van der Waals surface area contributed by atoms with Crippen LogP contribution in [0.5, 0.6) is 0 Å². The zero-order chi connectivity index (χ0) is 13.3. The lowest BCUT2D eigenvalue weighted by Gasteiger charge is -2.15. The third-order valence-corrected chi connectivity index (χ3v) is 3.04. The molecule has 0 radical (unpaired) electrons. The van der Waals surface area contributed by atoms with Gasteiger partial charge in [0.25, 0.3) is 0 Å². The fraction of sp³-hybridized carbons (Fsp3) is 0.357. The molecule has 2 N–H and O–H groups in total. The molecular weight excluding hydrogens is 229 g/mol. The van der Waals surface area contributed by atoms with E-state index in [9.17, 15) is 4.39 Å². The zero-order valence-corrected chi connectivity index (χ0v) is 10.9. The third kappa shape index (κ3) is 2.29. The lowest BCUT2D eigenvalue weighted by atomic mass is 10.0. The Morgan fingerprint density at radius 3 is 2.72 bits per heavy atom. The molecule has 0 aliphatic rings. The smallest absolute Gasteiger partial charge is 0.128 e. The van der Waals surface area contributed by atoms with Crippen LogP contribution in [0.3, 0.4) is 0 Å². The van der Waals surface area contributed by atoms with Gasteiger partial charge < -0.3 is 5.73 Å². The molecule has 1 atom stereocenters. The molecule has 0 aliphatic carbocycles. The second kappa shape index (κ2) is 4.90. The quantitative estimate of drug-likeness (QED) is 0.906. The molecule has 0 amide bonds. The SMILES string of the molecule is CCn1nc(C)cc1C(N)c1cc(C)ccc1F. The molecule has 0 spiro atoms. The van der Waals surface area contributed by atoms with Crippen molar-refractivity contribution in [1.29, 1.82) is 0 Å². The second-order valence-corrected chi connectivity index (χ2v) is 4.53. The number of halogens is 1. The maximum Gasteiger partial charge on any atom is 0.128 e. The van der Waals surface area contributed by atoms with Crippen LogP contribution in [0.4, 0.5) is 4.39 Å². The number of nitrogens with two attached hydrogens (primary N) is 1. The molecule has 1 aromatic heterocycles. The molecule has 0 saturated heterocycles. The summed E-state index contributed by atoms with van der Waals surface area (Å²) in [5.74, 6) is -0.269. The molecule has 1 unspecified atom stereocenters. The van der Waals surface area contributed by atoms with Gasteiger partial charge in [0.1, 0.15) is 5.82 Å². The van der Waals surface area contributed by atoms with E-state index in [0.717, 1.165) is 23.5 Å². The summed E-state index contributed by atoms with van der Waals surface area (Å²) in [7, 11) is 0. The van der Waals surface area contributed by atoms with Gasteiger partial charge >= 0.3 is 0 Å². The highest BCUT2D eigenvalue weighted by atomic mass is 19.1. The van der Waals surface area contributed by atoms with Crippen molar-refractivity contribution in [2.24, 2.45) is 5.73 Å². The molecule has 2 aromatic rings. The average molecular weight is 247 g/mol. The molecule has 18 heavy (non-hydrogen) atoms. The topological polar surface area (TPSA) is 43.8 Å². The van der Waals surface area contributed by atoms with Crippen LogP contribution in [0, 0.1) is 19.7 Å². The van der Waals surface area contributed by atoms with Crippen molar-refractivity contribution < 1.29 is 4.39 Å². The minimum absolute atomic E-state index is 0.269. The minimum Gasteiger partial charge on any atom is -0.319 e. The van der Waals surface area contributed by atoms with Crippen LogP contribution in [-0.4, -0.2) is 9.78 Å². The van der Waals surface area contributed by atoms with Crippen molar-refractivity contribution in [3.8, 4) is 0 Å². The van der Waals surface area contributed by atoms with Gasteiger partial charge in [-0.3, -0.25) is 4.68 Å². The van der Waals surface area contributed by atoms with Gasteiger partial charge in [-0.1, -0.05) is 17.7 Å². The van der Waals surface area contributed by atoms with Gasteiger partial charge in [-0.2, -0.15) is 5.10 Å². The fourth-order valence-corrected chi connectivity index (χ4v) is 2.13. The molecule has 2 rings (SSSR count). The summed E-state index contributed by atoms with van der Waals surface area (Å²) in [6.45, 7) is 6.56. The Morgan fingerprint density at radius 2 is 2.06 bits per heavy atom. The molecule has 1 aromatic carbocycles. The van der Waals surface area contributed by atoms with Gasteiger partial charge in [0.2, 0.25) is 0 Å². The highest BCUT2D eigenvalue weighted by Crippen LogP contribution is 2.23. The zero-order valence-electron chi connectivity index (χ0n) is 10.9. The molecule has 3 nitrogen and oxygen atoms in total. The van der Waals surface area contributed by atoms with Gasteiger partial charge in [-0.25, -0.2) is 4.39 Å². The summed E-state index contributed by atoms with van der Waals surface area (Å²) in [5, 5.41) is 4.34. The van der Waals surface area contributed by atoms with Crippen LogP contribution >= 0.6 is 0 Å². The Bertz CT molecular complexity index is 560. The van der Waals surface area contributed by atoms with Gasteiger partial charge in [-0.15, -0.1) is 0 Å². The van der Waals surface area contributed by atoms with Crippen molar-refractivity contribution in [1.82, 2.24) is 9.78 Å². The molecule has 0 fully saturated rings. The Labute approximate surface area is 106 Å². The third-order valence-electron chi connectivity index (χ3n) is 3.04. The summed E-state index contributed by atoms with van der Waals surface area (Å²) in [6.07, 6.45) is 0. The van der Waals surface area contributed by atoms with E-state index in [1.54, 1.807) is 12.1 Å². The lowest BCUT2D eigenvalue weighted by Crippen LogP contribution is -2.18. The first-order chi connectivity index (χ1) is 8.52. The van der Waals surface area contributed by atoms with Gasteiger partial charge in [0.05, 0.1) is 17.4 Å². The maximum atomic E-state index is 13.8. The van der Waals surface area contributed by atoms with Crippen LogP contribution in [0.15, 0.2) is 24.3 Å². The summed E-state index contributed by atoms with van der Waals surface area (Å²) in [6, 6.07) is 6.43. The first-order valence-corrected chi connectivity index (χ1v) is 6.09. The Balaban J connectivity index is 2.46. The lowest BCUT2D eigenvalue weighted by molar-refractivity contribution is 0.566. The van der Waals surface area contributed by atoms with E-state index >= 15 is 0 Å². The molecule has 0 aliphatic heterocycles. The number of hydrogen-bond donors (Lipinski definition) is 1. The van der Waals surface area contributed by atoms with Crippen LogP contribution in [-0.2, 0) is 6.54 Å². The Hall–Kier alpha value is -1.68. The number of rotatable bonds is 3. The highest BCUT2D eigenvalue weighted by Gasteiger charge is 2.18. The summed E-state index contributed by atoms with van der Waals surface area (Å²) < 4.78 is 15.7. The highest BCUT2D eigenvalue weighted by molar-refractivity contribution is 5.32. The van der Waals surface area contributed by atoms with Crippen molar-refractivity contribution in [3.05, 3.63) is 52.6 Å². The second-order valence-electron chi connectivity index (χ2n) is 4.53. The molecule has 4 heteroatoms. The summed E-state index contributed by atoms with van der Waals surface area (Å²) >= 11 is 0. The van der Waals surface area contributed by atoms with Crippen LogP contribution in [0.25, 0.3) is 0 Å². The predicted molar refractivity (Wildman–Crippen MR) is 69.8 cm³/mol. The van der Waals surface area contributed by atoms with Crippen molar-refractivity contribution >= 4 is 0 Å². The van der Waals surface area contributed by atoms with E-state index in [4.69, 9.17) is 5.73 Å². The van der Waals surface area contributed by atoms with Crippen LogP contribution in [0.1, 0.15) is 35.5 Å². The Morgan fingerprint density at radius 1 is 1.33 bits per heavy atom. The van der Waals surface area contributed by atoms with Gasteiger partial charge in [0.15, 0.2) is 0 Å². The van der Waals surface area contributed by atoms with E-state index < -0.39 is 6.04 Å². The molecule has 0 bridgehead atoms. The normalized spacial score (nSPS) is 12.7. The molecule has 0 saturated carbocycles. The van der Waals surface area contributed by atoms with Gasteiger partial charge in [0, 0.05) is 12.1 Å². The van der Waals surface area contributed by atoms with Crippen LogP contribution in [0.2, 0.25) is 0 Å². The fourth-order valence-electron chi connectivity index (χ4n) is 2.13. The number of aryl methyl sites for hydroxylation is 3. The molecule has 96 valence electrons. The van der Waals surface area contributed by atoms with E-state index in [1.807, 2.05) is 31.5 Å². The standard InChI is InChI=1S/C14H18FN3/c1-4-18-13(8-10(3)17-18)14(16)11-7-9(2)5-6-12(11)15/h5-8,14H,4,16H2,1-3H3. The summed E-state index contributed by atoms with van der Waals surface area (Å²) in [4.78, 5) is 0. The Kier molecular flexibility index (Phi) is 3.48. The van der Waals surface area contributed by atoms with Gasteiger partial charge in [-0.05, 0) is 32.9 Å². The van der Waals surface area contributed by atoms with E-state index in [2.05, 4.69) is 5.10 Å². The van der Waals surface area contributed by atoms with Crippen molar-refractivity contribution in [2.45, 2.75) is 33.4 Å². The average Bonchev–Trinajstić information content (AvgIpc) is 2.72. The predicted octanol–water partition coefficient (Wildman–Crippen LogP) is 2.71. The van der Waals surface area contributed by atoms with Crippen molar-refractivity contribution in [3.63, 3.8) is 0 Å². The molecular formula is C14H18FN3. The number of hydrogen-bond acceptors (Lipinski definition) is 2. The minimum atomic E-state index is -0.481. The monoisotopic (exact) mass is 247 g/mol. The van der Waals surface area contributed by atoms with E-state index in [-0.39, 0.29) is 5.82 Å². The first kappa shape index (κ1) is 12.8. The largest absolute Gasteiger partial charge is 0.319 e. The number of nitrogens with zero attached hydrogens (tertiary/aromatic N) is 2. The summed E-state index contributed by atoms with van der Waals surface area (Å²) in [5.41, 5.74) is 9.44. The van der Waals surface area contributed by atoms with E-state index in [1.165, 1.54) is 6.07 Å². The van der Waals surface area contributed by atoms with Crippen molar-refractivity contribution in [2.75, 3.05) is 0 Å². The number of benzene rings is 1. The maximum absolute atomic E-state index is 13.8.